The summed E-state index contributed by atoms with van der Waals surface area (Å²) in [6, 6.07) is 12.8. The number of para-hydroxylation sites is 1. The zero-order valence-corrected chi connectivity index (χ0v) is 22.7. The molecule has 0 saturated heterocycles. The highest BCUT2D eigenvalue weighted by atomic mass is 16.5. The highest BCUT2D eigenvalue weighted by Crippen LogP contribution is 2.58. The number of ether oxygens (including phenoxy) is 3. The molecule has 40 heavy (non-hydrogen) atoms. The number of fused-ring (bicyclic) bond motifs is 4. The number of oxazole rings is 1. The summed E-state index contributed by atoms with van der Waals surface area (Å²) in [7, 11) is 1.32. The van der Waals surface area contributed by atoms with Crippen LogP contribution in [-0.4, -0.2) is 48.7 Å². The fourth-order valence-corrected chi connectivity index (χ4v) is 6.25. The van der Waals surface area contributed by atoms with Gasteiger partial charge in [-0.15, -0.1) is 0 Å². The summed E-state index contributed by atoms with van der Waals surface area (Å²) in [6.07, 6.45) is 0.0378. The van der Waals surface area contributed by atoms with Crippen molar-refractivity contribution in [2.45, 2.75) is 50.9 Å². The molecule has 10 heteroatoms. The van der Waals surface area contributed by atoms with Crippen LogP contribution >= 0.6 is 0 Å². The number of nitrogens with zero attached hydrogens (tertiary/aromatic N) is 2. The quantitative estimate of drug-likeness (QED) is 0.482. The standard InChI is InChI=1S/C30H30N4O6/c1-14(2)22-27-34-23(26-31-20(13-38-26)28(36)37-4)24(40-27)30-17-7-5-6-8-19(17)32-29(30)39-21-10-9-16(12-18(21)30)11-15(3)25(35)33-22/h5-10,12,14-15,20,22,29,32H,11,13H2,1-4H3,(H,33,35)/t15-,20-,22-,29-,30?/m0/s1. The second-order valence-corrected chi connectivity index (χ2v) is 11.2. The number of rotatable bonds is 3. The third kappa shape index (κ3) is 3.41. The van der Waals surface area contributed by atoms with Crippen molar-refractivity contribution in [3.8, 4) is 5.75 Å². The molecule has 0 saturated carbocycles. The van der Waals surface area contributed by atoms with Crippen molar-refractivity contribution in [1.29, 1.82) is 0 Å². The van der Waals surface area contributed by atoms with E-state index < -0.39 is 29.7 Å². The van der Waals surface area contributed by atoms with Crippen LogP contribution in [0.15, 0.2) is 51.9 Å². The number of esters is 1. The minimum atomic E-state index is -0.925. The molecule has 4 aliphatic heterocycles. The molecule has 5 atom stereocenters. The number of carbonyl (C=O) groups is 2. The van der Waals surface area contributed by atoms with E-state index in [1.807, 2.05) is 51.1 Å². The molecule has 0 fully saturated rings. The number of methoxy groups -OCH3 is 1. The first-order valence-electron chi connectivity index (χ1n) is 13.6. The van der Waals surface area contributed by atoms with Crippen LogP contribution in [0.1, 0.15) is 60.8 Å². The van der Waals surface area contributed by atoms with E-state index in [1.54, 1.807) is 0 Å². The van der Waals surface area contributed by atoms with E-state index in [0.717, 1.165) is 28.1 Å². The van der Waals surface area contributed by atoms with Crippen LogP contribution in [0.25, 0.3) is 0 Å². The second-order valence-electron chi connectivity index (χ2n) is 11.2. The predicted molar refractivity (Wildman–Crippen MR) is 144 cm³/mol. The number of hydrogen-bond acceptors (Lipinski definition) is 9. The minimum absolute atomic E-state index is 0.0248. The van der Waals surface area contributed by atoms with Crippen LogP contribution in [0.3, 0.4) is 0 Å². The number of anilines is 1. The van der Waals surface area contributed by atoms with Gasteiger partial charge in [0.2, 0.25) is 17.7 Å². The molecule has 1 aromatic heterocycles. The highest BCUT2D eigenvalue weighted by Gasteiger charge is 2.61. The third-order valence-electron chi connectivity index (χ3n) is 8.29. The van der Waals surface area contributed by atoms with Gasteiger partial charge in [0.05, 0.1) is 7.11 Å². The Morgan fingerprint density at radius 1 is 1.15 bits per heavy atom. The molecule has 10 nitrogen and oxygen atoms in total. The lowest BCUT2D eigenvalue weighted by Crippen LogP contribution is -2.40. The maximum absolute atomic E-state index is 13.3. The number of carbonyl (C=O) groups excluding carboxylic acids is 2. The fraction of sp³-hybridized carbons (Fsp3) is 0.400. The van der Waals surface area contributed by atoms with Crippen LogP contribution < -0.4 is 15.4 Å². The summed E-state index contributed by atoms with van der Waals surface area (Å²) in [5.74, 6) is 0.862. The minimum Gasteiger partial charge on any atom is -0.473 e. The first kappa shape index (κ1) is 24.7. The Kier molecular flexibility index (Phi) is 5.45. The summed E-state index contributed by atoms with van der Waals surface area (Å²) in [5, 5.41) is 6.71. The molecule has 0 radical (unpaired) electrons. The summed E-state index contributed by atoms with van der Waals surface area (Å²) in [6.45, 7) is 5.98. The smallest absolute Gasteiger partial charge is 0.334 e. The number of hydrogen-bond donors (Lipinski definition) is 2. The molecule has 1 spiro atoms. The van der Waals surface area contributed by atoms with E-state index in [-0.39, 0.29) is 30.2 Å². The van der Waals surface area contributed by atoms with E-state index in [2.05, 4.69) is 27.8 Å². The topological polar surface area (TPSA) is 124 Å². The lowest BCUT2D eigenvalue weighted by molar-refractivity contribution is -0.142. The van der Waals surface area contributed by atoms with E-state index in [4.69, 9.17) is 23.6 Å². The molecule has 2 aromatic carbocycles. The third-order valence-corrected chi connectivity index (χ3v) is 8.29. The Labute approximate surface area is 231 Å². The van der Waals surface area contributed by atoms with Gasteiger partial charge in [-0.25, -0.2) is 14.8 Å². The van der Waals surface area contributed by atoms with E-state index in [9.17, 15) is 9.59 Å². The number of nitrogens with one attached hydrogen (secondary N) is 2. The molecule has 1 unspecified atom stereocenters. The second kappa shape index (κ2) is 8.84. The van der Waals surface area contributed by atoms with Gasteiger partial charge in [-0.2, -0.15) is 0 Å². The summed E-state index contributed by atoms with van der Waals surface area (Å²) >= 11 is 0. The van der Waals surface area contributed by atoms with Crippen molar-refractivity contribution in [1.82, 2.24) is 10.3 Å². The van der Waals surface area contributed by atoms with Gasteiger partial charge in [0.1, 0.15) is 23.8 Å². The molecular weight excluding hydrogens is 512 g/mol. The van der Waals surface area contributed by atoms with Crippen LogP contribution in [0.2, 0.25) is 0 Å². The predicted octanol–water partition coefficient (Wildman–Crippen LogP) is 3.48. The lowest BCUT2D eigenvalue weighted by atomic mass is 9.72. The average molecular weight is 543 g/mol. The Morgan fingerprint density at radius 2 is 1.98 bits per heavy atom. The van der Waals surface area contributed by atoms with Crippen LogP contribution in [0, 0.1) is 11.8 Å². The molecular formula is C30H30N4O6. The fourth-order valence-electron chi connectivity index (χ4n) is 6.25. The highest BCUT2D eigenvalue weighted by molar-refractivity contribution is 5.98. The van der Waals surface area contributed by atoms with Crippen LogP contribution in [0.4, 0.5) is 5.69 Å². The number of aromatic nitrogens is 1. The lowest BCUT2D eigenvalue weighted by Gasteiger charge is -2.28. The summed E-state index contributed by atoms with van der Waals surface area (Å²) in [4.78, 5) is 35.1. The number of amides is 1. The van der Waals surface area contributed by atoms with Crippen molar-refractivity contribution >= 4 is 23.5 Å². The Balaban J connectivity index is 1.54. The molecule has 7 rings (SSSR count). The first-order chi connectivity index (χ1) is 19.3. The maximum atomic E-state index is 13.3. The van der Waals surface area contributed by atoms with Gasteiger partial charge in [0.25, 0.3) is 0 Å². The van der Waals surface area contributed by atoms with Gasteiger partial charge < -0.3 is 29.3 Å². The number of aliphatic imine (C=N–C) groups is 1. The zero-order chi connectivity index (χ0) is 27.8. The Bertz CT molecular complexity index is 1580. The molecule has 5 heterocycles. The van der Waals surface area contributed by atoms with Crippen molar-refractivity contribution in [3.05, 3.63) is 76.5 Å². The monoisotopic (exact) mass is 542 g/mol. The Hall–Kier alpha value is -4.34. The van der Waals surface area contributed by atoms with Gasteiger partial charge in [0, 0.05) is 17.2 Å². The van der Waals surface area contributed by atoms with E-state index >= 15 is 0 Å². The van der Waals surface area contributed by atoms with Gasteiger partial charge in [-0.05, 0) is 35.6 Å². The average Bonchev–Trinajstić information content (AvgIpc) is 3.71. The maximum Gasteiger partial charge on any atom is 0.334 e. The molecule has 4 aliphatic rings. The van der Waals surface area contributed by atoms with Crippen molar-refractivity contribution in [2.24, 2.45) is 16.8 Å². The van der Waals surface area contributed by atoms with Crippen LogP contribution in [0.5, 0.6) is 5.75 Å². The van der Waals surface area contributed by atoms with Gasteiger partial charge >= 0.3 is 5.97 Å². The molecule has 3 aromatic rings. The molecule has 206 valence electrons. The molecule has 4 bridgehead atoms. The summed E-state index contributed by atoms with van der Waals surface area (Å²) in [5.41, 5.74) is 3.26. The van der Waals surface area contributed by atoms with E-state index in [0.29, 0.717) is 23.8 Å². The van der Waals surface area contributed by atoms with Gasteiger partial charge in [-0.1, -0.05) is 51.1 Å². The van der Waals surface area contributed by atoms with Gasteiger partial charge in [0.15, 0.2) is 23.7 Å². The largest absolute Gasteiger partial charge is 0.473 e. The van der Waals surface area contributed by atoms with Crippen LogP contribution in [-0.2, 0) is 30.9 Å². The van der Waals surface area contributed by atoms with E-state index in [1.165, 1.54) is 7.11 Å². The molecule has 0 aliphatic carbocycles. The van der Waals surface area contributed by atoms with Crippen molar-refractivity contribution in [2.75, 3.05) is 19.0 Å². The summed E-state index contributed by atoms with van der Waals surface area (Å²) < 4.78 is 24.2. The van der Waals surface area contributed by atoms with Gasteiger partial charge in [-0.3, -0.25) is 4.79 Å². The first-order valence-corrected chi connectivity index (χ1v) is 13.6. The number of benzene rings is 2. The van der Waals surface area contributed by atoms with Crippen molar-refractivity contribution < 1.29 is 28.2 Å². The zero-order valence-electron chi connectivity index (χ0n) is 22.7. The molecule has 1 amide bonds. The molecule has 2 N–H and O–H groups in total. The van der Waals surface area contributed by atoms with Crippen molar-refractivity contribution in [3.63, 3.8) is 0 Å². The SMILES string of the molecule is COC(=O)[C@@H]1COC(c2nc3oc2C24c5ccccc5N[C@H]2Oc2ccc(cc24)C[C@H](C)C(=O)N[C@H]3C(C)C)=N1. The normalized spacial score (nSPS) is 27.7. The Morgan fingerprint density at radius 3 is 2.77 bits per heavy atom.